The lowest BCUT2D eigenvalue weighted by molar-refractivity contribution is -0.137. The lowest BCUT2D eigenvalue weighted by atomic mass is 10.1. The quantitative estimate of drug-likeness (QED) is 0.923. The number of rotatable bonds is 3. The molecule has 1 aromatic carbocycles. The van der Waals surface area contributed by atoms with E-state index in [2.05, 4.69) is 0 Å². The number of aliphatic hydroxyl groups excluding tert-OH is 1. The minimum absolute atomic E-state index is 0.102. The Bertz CT molecular complexity index is 490. The number of morpholine rings is 1. The molecule has 1 unspecified atom stereocenters. The van der Waals surface area contributed by atoms with E-state index in [4.69, 9.17) is 9.84 Å². The van der Waals surface area contributed by atoms with Gasteiger partial charge in [-0.15, -0.1) is 0 Å². The summed E-state index contributed by atoms with van der Waals surface area (Å²) in [4.78, 5) is 13.0. The van der Waals surface area contributed by atoms with Crippen LogP contribution in [-0.2, 0) is 15.7 Å². The largest absolute Gasteiger partial charge is 0.416 e. The molecule has 20 heavy (non-hydrogen) atoms. The molecule has 1 saturated heterocycles. The molecule has 0 radical (unpaired) electrons. The summed E-state index contributed by atoms with van der Waals surface area (Å²) in [6.45, 7) is -0.156. The number of hydrogen-bond donors (Lipinski definition) is 1. The van der Waals surface area contributed by atoms with Gasteiger partial charge in [-0.05, 0) is 24.6 Å². The fourth-order valence-corrected chi connectivity index (χ4v) is 2.04. The zero-order chi connectivity index (χ0) is 14.8. The first-order valence-electron chi connectivity index (χ1n) is 6.12. The molecule has 110 valence electrons. The molecule has 4 nitrogen and oxygen atoms in total. The number of alkyl halides is 3. The summed E-state index contributed by atoms with van der Waals surface area (Å²) < 4.78 is 43.2. The molecule has 1 aliphatic rings. The molecule has 0 bridgehead atoms. The zero-order valence-electron chi connectivity index (χ0n) is 10.6. The van der Waals surface area contributed by atoms with Crippen molar-refractivity contribution < 1.29 is 27.8 Å². The van der Waals surface area contributed by atoms with Crippen LogP contribution in [0.3, 0.4) is 0 Å². The van der Waals surface area contributed by atoms with Crippen LogP contribution >= 0.6 is 0 Å². The predicted molar refractivity (Wildman–Crippen MR) is 65.2 cm³/mol. The van der Waals surface area contributed by atoms with Crippen LogP contribution in [0, 0.1) is 0 Å². The summed E-state index contributed by atoms with van der Waals surface area (Å²) in [7, 11) is 0. The Labute approximate surface area is 113 Å². The number of carbonyl (C=O) groups excluding carboxylic acids is 1. The van der Waals surface area contributed by atoms with Gasteiger partial charge in [-0.1, -0.05) is 6.07 Å². The van der Waals surface area contributed by atoms with Crippen LogP contribution in [0.5, 0.6) is 0 Å². The molecule has 1 heterocycles. The third-order valence-corrected chi connectivity index (χ3v) is 3.07. The van der Waals surface area contributed by atoms with Crippen molar-refractivity contribution in [3.8, 4) is 0 Å². The van der Waals surface area contributed by atoms with Gasteiger partial charge in [0.1, 0.15) is 6.61 Å². The summed E-state index contributed by atoms with van der Waals surface area (Å²) in [5.74, 6) is -0.390. The summed E-state index contributed by atoms with van der Waals surface area (Å²) in [6.07, 6.45) is -4.48. The summed E-state index contributed by atoms with van der Waals surface area (Å²) in [5, 5.41) is 8.86. The average molecular weight is 289 g/mol. The maximum atomic E-state index is 12.7. The van der Waals surface area contributed by atoms with Crippen molar-refractivity contribution in [3.05, 3.63) is 29.8 Å². The number of benzene rings is 1. The van der Waals surface area contributed by atoms with Gasteiger partial charge in [-0.3, -0.25) is 4.79 Å². The van der Waals surface area contributed by atoms with E-state index in [0.717, 1.165) is 12.1 Å². The Balaban J connectivity index is 2.23. The number of amides is 1. The Hall–Kier alpha value is -1.60. The molecule has 1 aliphatic heterocycles. The molecule has 1 aromatic rings. The Kier molecular flexibility index (Phi) is 4.29. The molecule has 1 fully saturated rings. The second kappa shape index (κ2) is 5.80. The van der Waals surface area contributed by atoms with E-state index < -0.39 is 17.6 Å². The van der Waals surface area contributed by atoms with E-state index in [9.17, 15) is 18.0 Å². The van der Waals surface area contributed by atoms with Crippen molar-refractivity contribution in [2.45, 2.75) is 18.7 Å². The number of carbonyl (C=O) groups is 1. The molecular formula is C13H14F3NO3. The van der Waals surface area contributed by atoms with Crippen molar-refractivity contribution in [1.29, 1.82) is 0 Å². The Morgan fingerprint density at radius 1 is 1.40 bits per heavy atom. The highest BCUT2D eigenvalue weighted by Crippen LogP contribution is 2.32. The highest BCUT2D eigenvalue weighted by molar-refractivity contribution is 5.95. The van der Waals surface area contributed by atoms with Gasteiger partial charge in [0.2, 0.25) is 0 Å². The minimum atomic E-state index is -4.45. The third-order valence-electron chi connectivity index (χ3n) is 3.07. The van der Waals surface area contributed by atoms with Gasteiger partial charge in [-0.25, -0.2) is 0 Å². The number of aliphatic hydroxyl groups is 1. The van der Waals surface area contributed by atoms with Crippen LogP contribution in [0.1, 0.15) is 12.0 Å². The highest BCUT2D eigenvalue weighted by atomic mass is 19.4. The van der Waals surface area contributed by atoms with Gasteiger partial charge in [0.05, 0.1) is 18.2 Å². The van der Waals surface area contributed by atoms with Gasteiger partial charge in [0.25, 0.3) is 5.91 Å². The highest BCUT2D eigenvalue weighted by Gasteiger charge is 2.32. The maximum absolute atomic E-state index is 12.7. The van der Waals surface area contributed by atoms with Crippen LogP contribution in [0.25, 0.3) is 0 Å². The van der Waals surface area contributed by atoms with E-state index in [1.807, 2.05) is 0 Å². The molecule has 1 N–H and O–H groups in total. The number of ether oxygens (including phenoxy) is 1. The molecule has 7 heteroatoms. The number of hydrogen-bond acceptors (Lipinski definition) is 3. The standard InChI is InChI=1S/C13H14F3NO3/c14-13(15,16)9-2-1-3-10(6-9)17-7-11(4-5-18)20-8-12(17)19/h1-3,6,11,18H,4-5,7-8H2. The van der Waals surface area contributed by atoms with Crippen LogP contribution in [0.15, 0.2) is 24.3 Å². The molecule has 2 rings (SSSR count). The Morgan fingerprint density at radius 3 is 2.80 bits per heavy atom. The number of halogens is 3. The van der Waals surface area contributed by atoms with Crippen molar-refractivity contribution in [1.82, 2.24) is 0 Å². The van der Waals surface area contributed by atoms with E-state index in [0.29, 0.717) is 6.42 Å². The SMILES string of the molecule is O=C1COC(CCO)CN1c1cccc(C(F)(F)F)c1. The minimum Gasteiger partial charge on any atom is -0.396 e. The molecular weight excluding hydrogens is 275 g/mol. The van der Waals surface area contributed by atoms with E-state index in [1.165, 1.54) is 17.0 Å². The van der Waals surface area contributed by atoms with Crippen molar-refractivity contribution in [2.24, 2.45) is 0 Å². The topological polar surface area (TPSA) is 49.8 Å². The fourth-order valence-electron chi connectivity index (χ4n) is 2.04. The van der Waals surface area contributed by atoms with E-state index in [-0.39, 0.29) is 31.5 Å². The van der Waals surface area contributed by atoms with Gasteiger partial charge in [-0.2, -0.15) is 13.2 Å². The molecule has 0 spiro atoms. The lowest BCUT2D eigenvalue weighted by Gasteiger charge is -2.32. The fraction of sp³-hybridized carbons (Fsp3) is 0.462. The predicted octanol–water partition coefficient (Wildman–Crippen LogP) is 1.82. The van der Waals surface area contributed by atoms with Gasteiger partial charge in [0.15, 0.2) is 0 Å². The Morgan fingerprint density at radius 2 is 2.15 bits per heavy atom. The zero-order valence-corrected chi connectivity index (χ0v) is 10.6. The van der Waals surface area contributed by atoms with Gasteiger partial charge >= 0.3 is 6.18 Å². The number of anilines is 1. The summed E-state index contributed by atoms with van der Waals surface area (Å²) >= 11 is 0. The van der Waals surface area contributed by atoms with Gasteiger partial charge in [0, 0.05) is 12.3 Å². The van der Waals surface area contributed by atoms with E-state index in [1.54, 1.807) is 0 Å². The summed E-state index contributed by atoms with van der Waals surface area (Å²) in [5.41, 5.74) is -0.607. The first-order chi connectivity index (χ1) is 9.41. The molecule has 0 aromatic heterocycles. The lowest BCUT2D eigenvalue weighted by Crippen LogP contribution is -2.47. The van der Waals surface area contributed by atoms with Crippen LogP contribution in [-0.4, -0.2) is 36.9 Å². The molecule has 1 amide bonds. The second-order valence-corrected chi connectivity index (χ2v) is 4.50. The van der Waals surface area contributed by atoms with Crippen LogP contribution < -0.4 is 4.90 Å². The normalized spacial score (nSPS) is 20.3. The number of nitrogens with zero attached hydrogens (tertiary/aromatic N) is 1. The summed E-state index contributed by atoms with van der Waals surface area (Å²) in [6, 6.07) is 4.62. The smallest absolute Gasteiger partial charge is 0.396 e. The molecule has 0 aliphatic carbocycles. The van der Waals surface area contributed by atoms with Gasteiger partial charge < -0.3 is 14.7 Å². The van der Waals surface area contributed by atoms with Crippen molar-refractivity contribution in [3.63, 3.8) is 0 Å². The first-order valence-corrected chi connectivity index (χ1v) is 6.12. The first kappa shape index (κ1) is 14.8. The second-order valence-electron chi connectivity index (χ2n) is 4.50. The molecule has 1 atom stereocenters. The maximum Gasteiger partial charge on any atom is 0.416 e. The average Bonchev–Trinajstić information content (AvgIpc) is 2.40. The van der Waals surface area contributed by atoms with Crippen LogP contribution in [0.2, 0.25) is 0 Å². The monoisotopic (exact) mass is 289 g/mol. The van der Waals surface area contributed by atoms with Crippen molar-refractivity contribution in [2.75, 3.05) is 24.7 Å². The molecule has 0 saturated carbocycles. The van der Waals surface area contributed by atoms with E-state index >= 15 is 0 Å². The van der Waals surface area contributed by atoms with Crippen LogP contribution in [0.4, 0.5) is 18.9 Å². The van der Waals surface area contributed by atoms with Crippen molar-refractivity contribution >= 4 is 11.6 Å². The third kappa shape index (κ3) is 3.29.